The third kappa shape index (κ3) is 2.44. The van der Waals surface area contributed by atoms with Crippen LogP contribution in [0.4, 0.5) is 5.69 Å². The van der Waals surface area contributed by atoms with Crippen molar-refractivity contribution in [3.63, 3.8) is 0 Å². The first kappa shape index (κ1) is 15.7. The van der Waals surface area contributed by atoms with Crippen LogP contribution < -0.4 is 0 Å². The lowest BCUT2D eigenvalue weighted by atomic mass is 10.1. The fraction of sp³-hybridized carbons (Fsp3) is 0.0556. The first-order chi connectivity index (χ1) is 12.6. The average Bonchev–Trinajstić information content (AvgIpc) is 3.22. The van der Waals surface area contributed by atoms with E-state index < -0.39 is 16.7 Å². The fourth-order valence-corrected chi connectivity index (χ4v) is 2.90. The van der Waals surface area contributed by atoms with Gasteiger partial charge in [0.05, 0.1) is 17.0 Å². The number of nitro groups is 1. The molecule has 0 bridgehead atoms. The van der Waals surface area contributed by atoms with Crippen molar-refractivity contribution in [2.75, 3.05) is 0 Å². The van der Waals surface area contributed by atoms with Gasteiger partial charge >= 0.3 is 0 Å². The number of carbonyl (C=O) groups is 2. The van der Waals surface area contributed by atoms with Crippen molar-refractivity contribution in [3.05, 3.63) is 81.5 Å². The molecule has 8 heteroatoms. The summed E-state index contributed by atoms with van der Waals surface area (Å²) in [4.78, 5) is 36.4. The predicted molar refractivity (Wildman–Crippen MR) is 89.2 cm³/mol. The number of imide groups is 1. The second-order valence-electron chi connectivity index (χ2n) is 5.70. The van der Waals surface area contributed by atoms with Gasteiger partial charge < -0.3 is 4.52 Å². The van der Waals surface area contributed by atoms with E-state index in [1.165, 1.54) is 18.2 Å². The minimum atomic E-state index is -0.707. The van der Waals surface area contributed by atoms with Gasteiger partial charge in [-0.3, -0.25) is 24.6 Å². The summed E-state index contributed by atoms with van der Waals surface area (Å²) in [6.07, 6.45) is 0. The average molecular weight is 349 g/mol. The minimum Gasteiger partial charge on any atom is -0.356 e. The third-order valence-electron chi connectivity index (χ3n) is 4.11. The quantitative estimate of drug-likeness (QED) is 0.407. The molecule has 2 aromatic carbocycles. The Kier molecular flexibility index (Phi) is 3.58. The monoisotopic (exact) mass is 349 g/mol. The van der Waals surface area contributed by atoms with E-state index >= 15 is 0 Å². The van der Waals surface area contributed by atoms with Crippen molar-refractivity contribution in [3.8, 4) is 11.3 Å². The van der Waals surface area contributed by atoms with E-state index in [4.69, 9.17) is 4.52 Å². The molecule has 1 aliphatic rings. The van der Waals surface area contributed by atoms with Crippen LogP contribution in [0.2, 0.25) is 0 Å². The maximum Gasteiger partial charge on any atom is 0.282 e. The summed E-state index contributed by atoms with van der Waals surface area (Å²) in [6.45, 7) is -0.125. The Bertz CT molecular complexity index is 1040. The lowest BCUT2D eigenvalue weighted by molar-refractivity contribution is -0.385. The van der Waals surface area contributed by atoms with E-state index in [0.717, 1.165) is 10.5 Å². The highest BCUT2D eigenvalue weighted by Gasteiger charge is 2.41. The number of hydrogen-bond acceptors (Lipinski definition) is 6. The van der Waals surface area contributed by atoms with E-state index in [1.807, 2.05) is 30.3 Å². The molecule has 0 spiro atoms. The molecule has 0 radical (unpaired) electrons. The van der Waals surface area contributed by atoms with Crippen LogP contribution >= 0.6 is 0 Å². The molecule has 0 N–H and O–H groups in total. The number of benzene rings is 2. The number of fused-ring (bicyclic) bond motifs is 1. The van der Waals surface area contributed by atoms with Crippen molar-refractivity contribution in [2.24, 2.45) is 0 Å². The fourth-order valence-electron chi connectivity index (χ4n) is 2.90. The Morgan fingerprint density at radius 2 is 1.81 bits per heavy atom. The van der Waals surface area contributed by atoms with E-state index in [1.54, 1.807) is 6.07 Å². The molecule has 0 saturated carbocycles. The lowest BCUT2D eigenvalue weighted by Crippen LogP contribution is -2.29. The Labute approximate surface area is 146 Å². The van der Waals surface area contributed by atoms with Crippen molar-refractivity contribution in [2.45, 2.75) is 6.54 Å². The van der Waals surface area contributed by atoms with Crippen molar-refractivity contribution < 1.29 is 19.0 Å². The molecule has 0 aliphatic carbocycles. The minimum absolute atomic E-state index is 0.0241. The molecule has 3 aromatic rings. The number of aromatic nitrogens is 1. The number of rotatable bonds is 4. The normalized spacial score (nSPS) is 13.2. The standard InChI is InChI=1S/C18H11N3O5/c22-17-13-7-4-8-14(21(24)25)16(13)18(23)20(17)10-12-9-15(26-19-12)11-5-2-1-3-6-11/h1-9H,10H2. The number of carbonyl (C=O) groups excluding carboxylic acids is 2. The van der Waals surface area contributed by atoms with Gasteiger partial charge in [0.25, 0.3) is 17.5 Å². The Morgan fingerprint density at radius 3 is 2.54 bits per heavy atom. The maximum atomic E-state index is 12.6. The number of amides is 2. The summed E-state index contributed by atoms with van der Waals surface area (Å²) in [7, 11) is 0. The molecular weight excluding hydrogens is 338 g/mol. The molecule has 0 saturated heterocycles. The van der Waals surface area contributed by atoms with Gasteiger partial charge in [-0.1, -0.05) is 41.6 Å². The molecule has 0 unspecified atom stereocenters. The molecule has 0 fully saturated rings. The van der Waals surface area contributed by atoms with Gasteiger partial charge in [0.1, 0.15) is 11.3 Å². The first-order valence-electron chi connectivity index (χ1n) is 7.71. The molecule has 0 atom stereocenters. The third-order valence-corrected chi connectivity index (χ3v) is 4.11. The zero-order valence-electron chi connectivity index (χ0n) is 13.3. The van der Waals surface area contributed by atoms with E-state index in [9.17, 15) is 19.7 Å². The smallest absolute Gasteiger partial charge is 0.282 e. The van der Waals surface area contributed by atoms with Gasteiger partial charge in [0.15, 0.2) is 5.76 Å². The van der Waals surface area contributed by atoms with E-state index in [2.05, 4.69) is 5.16 Å². The van der Waals surface area contributed by atoms with Crippen LogP contribution in [0.25, 0.3) is 11.3 Å². The predicted octanol–water partition coefficient (Wildman–Crippen LogP) is 3.05. The Morgan fingerprint density at radius 1 is 1.04 bits per heavy atom. The SMILES string of the molecule is O=C1c2cccc([N+](=O)[O-])c2C(=O)N1Cc1cc(-c2ccccc2)on1. The van der Waals surface area contributed by atoms with Gasteiger partial charge in [-0.15, -0.1) is 0 Å². The zero-order chi connectivity index (χ0) is 18.3. The summed E-state index contributed by atoms with van der Waals surface area (Å²) < 4.78 is 5.26. The topological polar surface area (TPSA) is 107 Å². The Balaban J connectivity index is 1.63. The van der Waals surface area contributed by atoms with Gasteiger partial charge in [0.2, 0.25) is 0 Å². The van der Waals surface area contributed by atoms with Crippen molar-refractivity contribution >= 4 is 17.5 Å². The van der Waals surface area contributed by atoms with Gasteiger partial charge in [0, 0.05) is 17.7 Å². The number of hydrogen-bond donors (Lipinski definition) is 0. The van der Waals surface area contributed by atoms with Gasteiger partial charge in [-0.25, -0.2) is 0 Å². The summed E-state index contributed by atoms with van der Waals surface area (Å²) in [6, 6.07) is 14.9. The molecule has 128 valence electrons. The summed E-state index contributed by atoms with van der Waals surface area (Å²) in [5.41, 5.74) is 0.643. The Hall–Kier alpha value is -3.81. The lowest BCUT2D eigenvalue weighted by Gasteiger charge is -2.10. The second kappa shape index (κ2) is 5.92. The summed E-state index contributed by atoms with van der Waals surface area (Å²) >= 11 is 0. The summed E-state index contributed by atoms with van der Waals surface area (Å²) in [5, 5.41) is 15.0. The maximum absolute atomic E-state index is 12.6. The highest BCUT2D eigenvalue weighted by Crippen LogP contribution is 2.32. The van der Waals surface area contributed by atoms with Crippen LogP contribution in [0.3, 0.4) is 0 Å². The molecule has 1 aliphatic heterocycles. The molecule has 2 amide bonds. The molecule has 1 aromatic heterocycles. The largest absolute Gasteiger partial charge is 0.356 e. The van der Waals surface area contributed by atoms with Crippen molar-refractivity contribution in [1.82, 2.24) is 10.1 Å². The van der Waals surface area contributed by atoms with E-state index in [0.29, 0.717) is 11.5 Å². The van der Waals surface area contributed by atoms with Crippen LogP contribution in [0.5, 0.6) is 0 Å². The molecule has 2 heterocycles. The first-order valence-corrected chi connectivity index (χ1v) is 7.71. The summed E-state index contributed by atoms with van der Waals surface area (Å²) in [5.74, 6) is -0.789. The van der Waals surface area contributed by atoms with Crippen LogP contribution in [-0.4, -0.2) is 26.8 Å². The second-order valence-corrected chi connectivity index (χ2v) is 5.70. The van der Waals surface area contributed by atoms with Gasteiger partial charge in [-0.05, 0) is 6.07 Å². The molecule has 4 rings (SSSR count). The van der Waals surface area contributed by atoms with Crippen LogP contribution in [-0.2, 0) is 6.54 Å². The number of nitro benzene ring substituents is 1. The number of nitrogens with zero attached hydrogens (tertiary/aromatic N) is 3. The zero-order valence-corrected chi connectivity index (χ0v) is 13.3. The van der Waals surface area contributed by atoms with Crippen molar-refractivity contribution in [1.29, 1.82) is 0 Å². The van der Waals surface area contributed by atoms with Crippen LogP contribution in [0.15, 0.2) is 59.1 Å². The van der Waals surface area contributed by atoms with Crippen LogP contribution in [0, 0.1) is 10.1 Å². The van der Waals surface area contributed by atoms with Gasteiger partial charge in [-0.2, -0.15) is 0 Å². The van der Waals surface area contributed by atoms with Crippen LogP contribution in [0.1, 0.15) is 26.4 Å². The molecule has 26 heavy (non-hydrogen) atoms. The highest BCUT2D eigenvalue weighted by atomic mass is 16.6. The molecule has 8 nitrogen and oxygen atoms in total. The highest BCUT2D eigenvalue weighted by molar-refractivity contribution is 6.23. The molecular formula is C18H11N3O5. The van der Waals surface area contributed by atoms with E-state index in [-0.39, 0.29) is 23.4 Å².